The number of anilines is 1. The average molecular weight is 227 g/mol. The maximum atomic E-state index is 10.3. The number of aliphatic hydroxyl groups is 1. The second-order valence-electron chi connectivity index (χ2n) is 4.39. The summed E-state index contributed by atoms with van der Waals surface area (Å²) in [5.74, 6) is 0. The van der Waals surface area contributed by atoms with Gasteiger partial charge in [0, 0.05) is 11.3 Å². The quantitative estimate of drug-likeness (QED) is 0.775. The summed E-state index contributed by atoms with van der Waals surface area (Å²) < 4.78 is 0. The number of benzene rings is 2. The third kappa shape index (κ3) is 2.32. The van der Waals surface area contributed by atoms with Crippen LogP contribution < -0.4 is 5.73 Å². The lowest BCUT2D eigenvalue weighted by Gasteiger charge is -2.15. The third-order valence-corrected chi connectivity index (χ3v) is 3.01. The first-order chi connectivity index (χ1) is 8.09. The molecule has 2 aromatic rings. The Morgan fingerprint density at radius 2 is 1.76 bits per heavy atom. The van der Waals surface area contributed by atoms with Crippen LogP contribution in [0.25, 0.3) is 0 Å². The molecule has 0 heterocycles. The monoisotopic (exact) mass is 227 g/mol. The van der Waals surface area contributed by atoms with Gasteiger partial charge >= 0.3 is 0 Å². The van der Waals surface area contributed by atoms with Crippen LogP contribution in [0.4, 0.5) is 5.69 Å². The fourth-order valence-corrected chi connectivity index (χ4v) is 1.96. The lowest BCUT2D eigenvalue weighted by Crippen LogP contribution is -2.05. The van der Waals surface area contributed by atoms with Crippen LogP contribution in [0.15, 0.2) is 42.5 Å². The Morgan fingerprint density at radius 1 is 1.06 bits per heavy atom. The van der Waals surface area contributed by atoms with Gasteiger partial charge in [-0.15, -0.1) is 0 Å². The number of aryl methyl sites for hydroxylation is 2. The van der Waals surface area contributed by atoms with Crippen molar-refractivity contribution in [1.29, 1.82) is 0 Å². The van der Waals surface area contributed by atoms with Crippen molar-refractivity contribution >= 4 is 5.69 Å². The molecular formula is C15H17NO. The summed E-state index contributed by atoms with van der Waals surface area (Å²) in [6, 6.07) is 13.6. The Morgan fingerprint density at radius 3 is 2.47 bits per heavy atom. The Bertz CT molecular complexity index is 534. The number of nitrogen functional groups attached to an aromatic ring is 1. The highest BCUT2D eigenvalue weighted by atomic mass is 16.3. The number of hydrogen-bond donors (Lipinski definition) is 2. The van der Waals surface area contributed by atoms with E-state index >= 15 is 0 Å². The van der Waals surface area contributed by atoms with Crippen molar-refractivity contribution in [1.82, 2.24) is 0 Å². The molecule has 0 radical (unpaired) electrons. The first-order valence-electron chi connectivity index (χ1n) is 5.69. The predicted molar refractivity (Wildman–Crippen MR) is 70.8 cm³/mol. The molecule has 2 aromatic carbocycles. The molecule has 0 fully saturated rings. The van der Waals surface area contributed by atoms with Crippen molar-refractivity contribution in [2.75, 3.05) is 5.73 Å². The zero-order chi connectivity index (χ0) is 12.4. The highest BCUT2D eigenvalue weighted by molar-refractivity contribution is 5.56. The molecular weight excluding hydrogens is 210 g/mol. The van der Waals surface area contributed by atoms with Crippen LogP contribution in [0.5, 0.6) is 0 Å². The van der Waals surface area contributed by atoms with Gasteiger partial charge in [-0.1, -0.05) is 48.0 Å². The van der Waals surface area contributed by atoms with Crippen LogP contribution in [-0.2, 0) is 0 Å². The Labute approximate surface area is 102 Å². The summed E-state index contributed by atoms with van der Waals surface area (Å²) in [6.45, 7) is 3.96. The van der Waals surface area contributed by atoms with E-state index in [9.17, 15) is 5.11 Å². The van der Waals surface area contributed by atoms with Gasteiger partial charge in [-0.05, 0) is 25.0 Å². The van der Waals surface area contributed by atoms with E-state index in [1.54, 1.807) is 0 Å². The zero-order valence-corrected chi connectivity index (χ0v) is 10.1. The van der Waals surface area contributed by atoms with E-state index in [-0.39, 0.29) is 0 Å². The van der Waals surface area contributed by atoms with Gasteiger partial charge in [0.05, 0.1) is 0 Å². The molecule has 17 heavy (non-hydrogen) atoms. The second-order valence-corrected chi connectivity index (χ2v) is 4.39. The molecule has 0 aliphatic heterocycles. The predicted octanol–water partition coefficient (Wildman–Crippen LogP) is 2.97. The van der Waals surface area contributed by atoms with Gasteiger partial charge in [0.2, 0.25) is 0 Å². The molecule has 0 aromatic heterocycles. The largest absolute Gasteiger partial charge is 0.398 e. The SMILES string of the molecule is Cc1cccc(C(O)c2cccc(C)c2N)c1. The van der Waals surface area contributed by atoms with Crippen LogP contribution >= 0.6 is 0 Å². The number of aliphatic hydroxyl groups excluding tert-OH is 1. The highest BCUT2D eigenvalue weighted by Crippen LogP contribution is 2.28. The molecule has 0 spiro atoms. The van der Waals surface area contributed by atoms with Gasteiger partial charge in [0.15, 0.2) is 0 Å². The van der Waals surface area contributed by atoms with Crippen molar-refractivity contribution in [2.45, 2.75) is 20.0 Å². The van der Waals surface area contributed by atoms with Crippen LogP contribution in [0.3, 0.4) is 0 Å². The van der Waals surface area contributed by atoms with Gasteiger partial charge in [-0.3, -0.25) is 0 Å². The fraction of sp³-hybridized carbons (Fsp3) is 0.200. The molecule has 0 saturated carbocycles. The molecule has 0 bridgehead atoms. The summed E-state index contributed by atoms with van der Waals surface area (Å²) >= 11 is 0. The molecule has 1 atom stereocenters. The zero-order valence-electron chi connectivity index (χ0n) is 10.1. The molecule has 0 aliphatic carbocycles. The van der Waals surface area contributed by atoms with Crippen molar-refractivity contribution in [3.63, 3.8) is 0 Å². The number of rotatable bonds is 2. The molecule has 0 amide bonds. The Hall–Kier alpha value is -1.80. The lowest BCUT2D eigenvalue weighted by molar-refractivity contribution is 0.221. The van der Waals surface area contributed by atoms with Gasteiger partial charge < -0.3 is 10.8 Å². The minimum atomic E-state index is -0.658. The van der Waals surface area contributed by atoms with E-state index in [1.165, 1.54) is 0 Å². The Balaban J connectivity index is 2.44. The van der Waals surface area contributed by atoms with E-state index < -0.39 is 6.10 Å². The van der Waals surface area contributed by atoms with Crippen LogP contribution in [0.2, 0.25) is 0 Å². The maximum absolute atomic E-state index is 10.3. The molecule has 2 nitrogen and oxygen atoms in total. The van der Waals surface area contributed by atoms with Crippen molar-refractivity contribution in [2.24, 2.45) is 0 Å². The standard InChI is InChI=1S/C15H17NO/c1-10-5-3-7-12(9-10)15(17)13-8-4-6-11(2)14(13)16/h3-9,15,17H,16H2,1-2H3. The molecule has 1 unspecified atom stereocenters. The number of hydrogen-bond acceptors (Lipinski definition) is 2. The molecule has 0 aliphatic rings. The molecule has 2 heteroatoms. The van der Waals surface area contributed by atoms with Gasteiger partial charge in [-0.2, -0.15) is 0 Å². The van der Waals surface area contributed by atoms with Crippen LogP contribution in [0.1, 0.15) is 28.4 Å². The van der Waals surface area contributed by atoms with Crippen LogP contribution in [0, 0.1) is 13.8 Å². The normalized spacial score (nSPS) is 12.4. The summed E-state index contributed by atoms with van der Waals surface area (Å²) in [5.41, 5.74) is 10.4. The smallest absolute Gasteiger partial charge is 0.106 e. The fourth-order valence-electron chi connectivity index (χ4n) is 1.96. The van der Waals surface area contributed by atoms with Crippen molar-refractivity contribution < 1.29 is 5.11 Å². The second kappa shape index (κ2) is 4.60. The molecule has 88 valence electrons. The van der Waals surface area contributed by atoms with E-state index in [0.717, 1.165) is 22.3 Å². The van der Waals surface area contributed by atoms with Gasteiger partial charge in [0.25, 0.3) is 0 Å². The maximum Gasteiger partial charge on any atom is 0.106 e. The number of para-hydroxylation sites is 1. The minimum absolute atomic E-state index is 0.658. The van der Waals surface area contributed by atoms with Gasteiger partial charge in [-0.25, -0.2) is 0 Å². The third-order valence-electron chi connectivity index (χ3n) is 3.01. The minimum Gasteiger partial charge on any atom is -0.398 e. The summed E-state index contributed by atoms with van der Waals surface area (Å²) in [6.07, 6.45) is -0.658. The lowest BCUT2D eigenvalue weighted by atomic mass is 9.97. The van der Waals surface area contributed by atoms with Gasteiger partial charge in [0.1, 0.15) is 6.10 Å². The average Bonchev–Trinajstić information content (AvgIpc) is 2.32. The highest BCUT2D eigenvalue weighted by Gasteiger charge is 2.14. The molecule has 0 saturated heterocycles. The molecule has 2 rings (SSSR count). The van der Waals surface area contributed by atoms with E-state index in [4.69, 9.17) is 5.73 Å². The van der Waals surface area contributed by atoms with Crippen molar-refractivity contribution in [3.05, 3.63) is 64.7 Å². The Kier molecular flexibility index (Phi) is 3.16. The van der Waals surface area contributed by atoms with E-state index in [0.29, 0.717) is 5.69 Å². The summed E-state index contributed by atoms with van der Waals surface area (Å²) in [5, 5.41) is 10.3. The van der Waals surface area contributed by atoms with Crippen molar-refractivity contribution in [3.8, 4) is 0 Å². The summed E-state index contributed by atoms with van der Waals surface area (Å²) in [7, 11) is 0. The first-order valence-corrected chi connectivity index (χ1v) is 5.69. The van der Waals surface area contributed by atoms with E-state index in [1.807, 2.05) is 56.3 Å². The molecule has 3 N–H and O–H groups in total. The van der Waals surface area contributed by atoms with E-state index in [2.05, 4.69) is 0 Å². The topological polar surface area (TPSA) is 46.2 Å². The first kappa shape index (κ1) is 11.7. The summed E-state index contributed by atoms with van der Waals surface area (Å²) in [4.78, 5) is 0. The number of nitrogens with two attached hydrogens (primary N) is 1. The van der Waals surface area contributed by atoms with Crippen LogP contribution in [-0.4, -0.2) is 5.11 Å².